The van der Waals surface area contributed by atoms with E-state index in [4.69, 9.17) is 47.1 Å². The molecule has 1 aromatic heterocycles. The number of pyridine rings is 1. The number of ether oxygens (including phenoxy) is 4. The van der Waals surface area contributed by atoms with Crippen molar-refractivity contribution in [1.29, 1.82) is 0 Å². The molecule has 1 unspecified atom stereocenters. The molecule has 17 heteroatoms. The van der Waals surface area contributed by atoms with Crippen LogP contribution in [0.4, 0.5) is 33.9 Å². The Morgan fingerprint density at radius 2 is 1.59 bits per heavy atom. The van der Waals surface area contributed by atoms with Gasteiger partial charge in [0.2, 0.25) is 0 Å². The van der Waals surface area contributed by atoms with Crippen LogP contribution in [0.25, 0.3) is 11.3 Å². The van der Waals surface area contributed by atoms with Crippen molar-refractivity contribution in [1.82, 2.24) is 14.8 Å². The van der Waals surface area contributed by atoms with Crippen LogP contribution in [-0.2, 0) is 24.0 Å². The summed E-state index contributed by atoms with van der Waals surface area (Å²) in [5.74, 6) is 0.260. The molecule has 5 heterocycles. The summed E-state index contributed by atoms with van der Waals surface area (Å²) in [5, 5.41) is 2.20. The third-order valence-corrected chi connectivity index (χ3v) is 12.2. The van der Waals surface area contributed by atoms with Crippen LogP contribution < -0.4 is 24.4 Å². The number of fused-ring (bicyclic) bond motifs is 5. The van der Waals surface area contributed by atoms with Crippen LogP contribution in [0.5, 0.6) is 17.2 Å². The largest absolute Gasteiger partial charge is 0.497 e. The van der Waals surface area contributed by atoms with E-state index in [2.05, 4.69) is 10.3 Å². The Balaban J connectivity index is 1.27. The number of nitrogens with one attached hydrogen (secondary N) is 1. The number of aromatic nitrogens is 1. The molecule has 0 radical (unpaired) electrons. The van der Waals surface area contributed by atoms with E-state index in [1.54, 1.807) is 76.0 Å². The second kappa shape index (κ2) is 16.0. The van der Waals surface area contributed by atoms with Crippen LogP contribution >= 0.6 is 23.2 Å². The fraction of sp³-hybridized carbons (Fsp3) is 0.432. The monoisotopic (exact) mass is 884 g/mol. The van der Waals surface area contributed by atoms with Gasteiger partial charge in [-0.05, 0) is 106 Å². The van der Waals surface area contributed by atoms with Gasteiger partial charge in [0.25, 0.3) is 0 Å². The Morgan fingerprint density at radius 3 is 2.15 bits per heavy atom. The van der Waals surface area contributed by atoms with E-state index in [9.17, 15) is 4.79 Å². The number of alkyl halides is 3. The van der Waals surface area contributed by atoms with Crippen molar-refractivity contribution in [2.45, 2.75) is 103 Å². The van der Waals surface area contributed by atoms with Gasteiger partial charge in [0.1, 0.15) is 40.9 Å². The number of carbonyl (C=O) groups excluding carboxylic acids is 1. The zero-order chi connectivity index (χ0) is 43.7. The fourth-order valence-electron chi connectivity index (χ4n) is 9.11. The second-order valence-electron chi connectivity index (χ2n) is 16.8. The van der Waals surface area contributed by atoms with Gasteiger partial charge in [-0.25, -0.2) is 19.2 Å². The van der Waals surface area contributed by atoms with Crippen molar-refractivity contribution < 1.29 is 41.3 Å². The van der Waals surface area contributed by atoms with Gasteiger partial charge < -0.3 is 29.2 Å². The summed E-state index contributed by atoms with van der Waals surface area (Å²) in [6.07, 6.45) is -5.76. The number of rotatable bonds is 8. The van der Waals surface area contributed by atoms with Gasteiger partial charge in [-0.2, -0.15) is 13.2 Å². The Hall–Kier alpha value is -4.99. The maximum absolute atomic E-state index is 17.6. The molecular weight excluding hydrogens is 839 g/mol. The van der Waals surface area contributed by atoms with Gasteiger partial charge in [0.15, 0.2) is 11.1 Å². The van der Waals surface area contributed by atoms with Gasteiger partial charge in [0, 0.05) is 25.7 Å². The number of halogens is 6. The third kappa shape index (κ3) is 8.00. The number of aliphatic imine (C=N–C) groups is 1. The highest BCUT2D eigenvalue weighted by atomic mass is 35.5. The summed E-state index contributed by atoms with van der Waals surface area (Å²) < 4.78 is 86.7. The molecule has 3 aromatic carbocycles. The van der Waals surface area contributed by atoms with Gasteiger partial charge in [-0.15, -0.1) is 0 Å². The Bertz CT molecular complexity index is 2330. The number of hydrogen-bond acceptors (Lipinski definition) is 10. The molecular formula is C44H46Cl2F4N6O5. The van der Waals surface area contributed by atoms with Gasteiger partial charge in [0.05, 0.1) is 59.4 Å². The van der Waals surface area contributed by atoms with E-state index >= 15 is 17.6 Å². The Labute approximate surface area is 361 Å². The summed E-state index contributed by atoms with van der Waals surface area (Å²) in [7, 11) is 3.11. The number of hydrogen-bond donors (Lipinski definition) is 1. The number of amidine groups is 1. The van der Waals surface area contributed by atoms with Crippen molar-refractivity contribution in [3.8, 4) is 28.5 Å². The van der Waals surface area contributed by atoms with Crippen molar-refractivity contribution in [3.05, 3.63) is 93.3 Å². The molecule has 2 fully saturated rings. The van der Waals surface area contributed by atoms with Crippen LogP contribution in [0.3, 0.4) is 0 Å². The van der Waals surface area contributed by atoms with Crippen LogP contribution in [0.15, 0.2) is 59.6 Å². The fourth-order valence-corrected chi connectivity index (χ4v) is 9.62. The van der Waals surface area contributed by atoms with Crippen molar-refractivity contribution >= 4 is 46.1 Å². The SMILES string of the molecule is COc1ccc(CN(Cc2ccc(OC)cc2)c2cc(C)c(C(F)(F)F)c(-c3c(F)c4c5c(c3Cl)O[C@@H](C)[C@@H]3[C@@H]6CC[C@H](CN3C5N=C(Cl)N4)N6C(=O)OC(C)(C)C)n2)cc1. The molecule has 0 aliphatic carbocycles. The lowest BCUT2D eigenvalue weighted by molar-refractivity contribution is -0.137. The van der Waals surface area contributed by atoms with E-state index in [0.717, 1.165) is 11.1 Å². The molecule has 1 N–H and O–H groups in total. The zero-order valence-corrected chi connectivity index (χ0v) is 36.2. The first kappa shape index (κ1) is 42.7. The average Bonchev–Trinajstić information content (AvgIpc) is 3.44. The molecule has 11 nitrogen and oxygen atoms in total. The van der Waals surface area contributed by atoms with E-state index in [1.807, 2.05) is 29.2 Å². The van der Waals surface area contributed by atoms with Crippen molar-refractivity contribution in [2.24, 2.45) is 4.99 Å². The first-order valence-electron chi connectivity index (χ1n) is 20.0. The first-order chi connectivity index (χ1) is 28.9. The molecule has 4 aliphatic heterocycles. The molecule has 0 spiro atoms. The van der Waals surface area contributed by atoms with Gasteiger partial charge in [-0.1, -0.05) is 35.9 Å². The number of nitrogens with zero attached hydrogens (tertiary/aromatic N) is 5. The maximum atomic E-state index is 17.6. The summed E-state index contributed by atoms with van der Waals surface area (Å²) in [5.41, 5.74) is -1.82. The van der Waals surface area contributed by atoms with Crippen molar-refractivity contribution in [3.63, 3.8) is 0 Å². The molecule has 2 bridgehead atoms. The number of amides is 1. The summed E-state index contributed by atoms with van der Waals surface area (Å²) >= 11 is 13.8. The summed E-state index contributed by atoms with van der Waals surface area (Å²) in [6, 6.07) is 14.8. The number of piperazine rings is 1. The number of benzene rings is 3. The van der Waals surface area contributed by atoms with Crippen LogP contribution in [-0.4, -0.2) is 76.8 Å². The van der Waals surface area contributed by atoms with Gasteiger partial charge >= 0.3 is 12.3 Å². The normalized spacial score (nSPS) is 22.0. The van der Waals surface area contributed by atoms with E-state index < -0.39 is 63.8 Å². The number of methoxy groups -OCH3 is 2. The minimum Gasteiger partial charge on any atom is -0.497 e. The minimum atomic E-state index is -4.98. The topological polar surface area (TPSA) is 101 Å². The molecule has 8 rings (SSSR count). The molecule has 2 saturated heterocycles. The lowest BCUT2D eigenvalue weighted by atomic mass is 9.94. The first-order valence-corrected chi connectivity index (χ1v) is 20.7. The minimum absolute atomic E-state index is 0.0497. The standard InChI is InChI=1S/C44H46Cl2F4N6O5/c1-22-18-30(54(19-24-8-13-27(58-6)14-9-24)20-25-10-15-28(59-7)16-11-25)51-36(33(22)44(48,49)50)31-34(45)39-32-37(35(31)47)52-41(46)53-40(32)55-21-26-12-17-29(38(55)23(2)60-39)56(26)42(57)61-43(3,4)5/h8-11,13-16,18,23,26,29,38,40H,12,17,19-21H2,1-7H3,(H,52,53)/t23-,26+,29-,38+,40?/m0/s1. The van der Waals surface area contributed by atoms with Crippen LogP contribution in [0.1, 0.15) is 74.5 Å². The molecule has 4 aromatic rings. The summed E-state index contributed by atoms with van der Waals surface area (Å²) in [4.78, 5) is 28.5. The highest BCUT2D eigenvalue weighted by Gasteiger charge is 2.56. The number of carbonyl (C=O) groups is 1. The molecule has 5 atom stereocenters. The van der Waals surface area contributed by atoms with E-state index in [0.29, 0.717) is 30.9 Å². The van der Waals surface area contributed by atoms with Crippen LogP contribution in [0.2, 0.25) is 5.02 Å². The predicted molar refractivity (Wildman–Crippen MR) is 225 cm³/mol. The molecule has 61 heavy (non-hydrogen) atoms. The lowest BCUT2D eigenvalue weighted by Gasteiger charge is -2.49. The quantitative estimate of drug-likeness (QED) is 0.137. The molecule has 4 aliphatic rings. The van der Waals surface area contributed by atoms with Gasteiger partial charge in [-0.3, -0.25) is 9.80 Å². The Morgan fingerprint density at radius 1 is 0.984 bits per heavy atom. The molecule has 0 saturated carbocycles. The van der Waals surface area contributed by atoms with E-state index in [1.165, 1.54) is 13.0 Å². The van der Waals surface area contributed by atoms with Crippen LogP contribution in [0, 0.1) is 12.7 Å². The average molecular weight is 886 g/mol. The van der Waals surface area contributed by atoms with Crippen molar-refractivity contribution in [2.75, 3.05) is 31.0 Å². The predicted octanol–water partition coefficient (Wildman–Crippen LogP) is 10.3. The highest BCUT2D eigenvalue weighted by Crippen LogP contribution is 2.56. The lowest BCUT2D eigenvalue weighted by Crippen LogP contribution is -2.65. The molecule has 324 valence electrons. The molecule has 1 amide bonds. The number of aryl methyl sites for hydroxylation is 1. The highest BCUT2D eigenvalue weighted by molar-refractivity contribution is 6.67. The summed E-state index contributed by atoms with van der Waals surface area (Å²) in [6.45, 7) is 9.27. The smallest absolute Gasteiger partial charge is 0.418 e. The number of anilines is 2. The maximum Gasteiger partial charge on any atom is 0.418 e. The zero-order valence-electron chi connectivity index (χ0n) is 34.7. The second-order valence-corrected chi connectivity index (χ2v) is 17.5. The Kier molecular flexibility index (Phi) is 11.2. The van der Waals surface area contributed by atoms with E-state index in [-0.39, 0.29) is 58.8 Å². The third-order valence-electron chi connectivity index (χ3n) is 11.7.